The lowest BCUT2D eigenvalue weighted by atomic mass is 10.1. The van der Waals surface area contributed by atoms with Gasteiger partial charge in [-0.05, 0) is 65.9 Å². The zero-order valence-electron chi connectivity index (χ0n) is 16.7. The van der Waals surface area contributed by atoms with Crippen molar-refractivity contribution in [2.24, 2.45) is 5.92 Å². The van der Waals surface area contributed by atoms with Gasteiger partial charge in [0, 0.05) is 39.4 Å². The van der Waals surface area contributed by atoms with E-state index < -0.39 is 0 Å². The second-order valence-corrected chi connectivity index (χ2v) is 9.41. The molecule has 1 aliphatic carbocycles. The van der Waals surface area contributed by atoms with Crippen LogP contribution in [0.15, 0.2) is 59.1 Å². The number of hydrogen-bond acceptors (Lipinski definition) is 1. The average Bonchev–Trinajstić information content (AvgIpc) is 3.43. The van der Waals surface area contributed by atoms with E-state index in [2.05, 4.69) is 80.5 Å². The van der Waals surface area contributed by atoms with Crippen LogP contribution in [0.2, 0.25) is 5.02 Å². The minimum atomic E-state index is 0.687. The second-order valence-electron chi connectivity index (χ2n) is 8.18. The molecule has 3 nitrogen and oxygen atoms in total. The third-order valence-electron chi connectivity index (χ3n) is 6.30. The van der Waals surface area contributed by atoms with Crippen molar-refractivity contribution < 1.29 is 0 Å². The zero-order valence-corrected chi connectivity index (χ0v) is 19.0. The monoisotopic (exact) mass is 477 g/mol. The molecule has 1 fully saturated rings. The maximum absolute atomic E-state index is 6.66. The summed E-state index contributed by atoms with van der Waals surface area (Å²) < 4.78 is 5.69. The fraction of sp³-hybridized carbons (Fsp3) is 0.240. The van der Waals surface area contributed by atoms with Gasteiger partial charge in [0.15, 0.2) is 0 Å². The van der Waals surface area contributed by atoms with Crippen molar-refractivity contribution >= 4 is 60.4 Å². The predicted molar refractivity (Wildman–Crippen MR) is 129 cm³/mol. The number of hydrogen-bond donors (Lipinski definition) is 0. The molecule has 0 unspecified atom stereocenters. The zero-order chi connectivity index (χ0) is 20.4. The Morgan fingerprint density at radius 2 is 1.77 bits per heavy atom. The van der Waals surface area contributed by atoms with Gasteiger partial charge in [-0.25, -0.2) is 4.98 Å². The Morgan fingerprint density at radius 1 is 0.967 bits per heavy atom. The first-order valence-corrected chi connectivity index (χ1v) is 11.7. The molecule has 5 aromatic rings. The van der Waals surface area contributed by atoms with Crippen LogP contribution in [-0.2, 0) is 13.1 Å². The molecule has 0 aliphatic heterocycles. The van der Waals surface area contributed by atoms with Crippen molar-refractivity contribution in [1.82, 2.24) is 14.1 Å². The fourth-order valence-electron chi connectivity index (χ4n) is 4.70. The van der Waals surface area contributed by atoms with Crippen molar-refractivity contribution in [3.05, 3.63) is 64.1 Å². The summed E-state index contributed by atoms with van der Waals surface area (Å²) in [6, 6.07) is 19.4. The first-order valence-electron chi connectivity index (χ1n) is 10.5. The van der Waals surface area contributed by atoms with E-state index >= 15 is 0 Å². The second kappa shape index (κ2) is 6.86. The van der Waals surface area contributed by atoms with Gasteiger partial charge in [-0.1, -0.05) is 41.9 Å². The molecule has 2 heterocycles. The molecule has 0 amide bonds. The number of para-hydroxylation sites is 2. The van der Waals surface area contributed by atoms with Crippen LogP contribution in [0.1, 0.15) is 19.8 Å². The fourth-order valence-corrected chi connectivity index (χ4v) is 5.22. The summed E-state index contributed by atoms with van der Waals surface area (Å²) in [5, 5.41) is 3.26. The van der Waals surface area contributed by atoms with Gasteiger partial charge in [0.1, 0.15) is 11.3 Å². The Morgan fingerprint density at radius 3 is 2.57 bits per heavy atom. The Balaban J connectivity index is 1.73. The molecule has 6 rings (SSSR count). The Kier molecular flexibility index (Phi) is 4.22. The van der Waals surface area contributed by atoms with Gasteiger partial charge in [0.25, 0.3) is 0 Å². The molecule has 2 aromatic heterocycles. The van der Waals surface area contributed by atoms with Gasteiger partial charge in [-0.15, -0.1) is 0 Å². The molecular weight excluding hydrogens is 458 g/mol. The summed E-state index contributed by atoms with van der Waals surface area (Å²) in [5.41, 5.74) is 5.69. The van der Waals surface area contributed by atoms with Crippen LogP contribution >= 0.6 is 27.5 Å². The maximum Gasteiger partial charge on any atom is 0.143 e. The summed E-state index contributed by atoms with van der Waals surface area (Å²) in [5.74, 6) is 1.75. The first kappa shape index (κ1) is 18.5. The molecule has 5 heteroatoms. The van der Waals surface area contributed by atoms with E-state index in [0.29, 0.717) is 5.02 Å². The van der Waals surface area contributed by atoms with Gasteiger partial charge in [0.2, 0.25) is 0 Å². The maximum atomic E-state index is 6.66. The van der Waals surface area contributed by atoms with Gasteiger partial charge in [0.05, 0.1) is 16.1 Å². The molecule has 1 aliphatic rings. The highest BCUT2D eigenvalue weighted by Gasteiger charge is 2.26. The van der Waals surface area contributed by atoms with Gasteiger partial charge >= 0.3 is 0 Å². The largest absolute Gasteiger partial charge is 0.340 e. The topological polar surface area (TPSA) is 22.8 Å². The van der Waals surface area contributed by atoms with E-state index in [1.54, 1.807) is 0 Å². The van der Waals surface area contributed by atoms with Crippen LogP contribution in [0.25, 0.3) is 44.2 Å². The molecule has 150 valence electrons. The van der Waals surface area contributed by atoms with Crippen molar-refractivity contribution in [2.75, 3.05) is 0 Å². The quantitative estimate of drug-likeness (QED) is 0.260. The van der Waals surface area contributed by atoms with Crippen molar-refractivity contribution in [3.63, 3.8) is 0 Å². The van der Waals surface area contributed by atoms with Crippen LogP contribution in [0.3, 0.4) is 0 Å². The molecular formula is C25H21BrClN3. The van der Waals surface area contributed by atoms with Crippen molar-refractivity contribution in [1.29, 1.82) is 0 Å². The Labute approximate surface area is 188 Å². The number of fused-ring (bicyclic) bond motifs is 4. The van der Waals surface area contributed by atoms with E-state index in [-0.39, 0.29) is 0 Å². The van der Waals surface area contributed by atoms with E-state index in [9.17, 15) is 0 Å². The average molecular weight is 479 g/mol. The lowest BCUT2D eigenvalue weighted by molar-refractivity contribution is 0.648. The third-order valence-corrected chi connectivity index (χ3v) is 7.57. The standard InChI is InChI=1S/C25H21BrClN3/c1-2-29-20-9-4-3-6-16(20)17-7-5-8-18(24(17)29)25-28-23-21(13-12-19(26)22(23)27)30(25)14-15-10-11-15/h3-9,12-13,15H,2,10-11,14H2,1H3. The summed E-state index contributed by atoms with van der Waals surface area (Å²) >= 11 is 10.2. The molecule has 0 radical (unpaired) electrons. The van der Waals surface area contributed by atoms with Crippen LogP contribution in [0.4, 0.5) is 0 Å². The SMILES string of the molecule is CCn1c2ccccc2c2cccc(-c3nc4c(Cl)c(Br)ccc4n3CC3CC3)c21. The highest BCUT2D eigenvalue weighted by molar-refractivity contribution is 9.10. The van der Waals surface area contributed by atoms with E-state index in [1.165, 1.54) is 40.2 Å². The summed E-state index contributed by atoms with van der Waals surface area (Å²) in [6.45, 7) is 4.12. The summed E-state index contributed by atoms with van der Waals surface area (Å²) in [6.07, 6.45) is 2.59. The normalized spacial score (nSPS) is 14.4. The summed E-state index contributed by atoms with van der Waals surface area (Å²) in [7, 11) is 0. The predicted octanol–water partition coefficient (Wildman–Crippen LogP) is 7.66. The van der Waals surface area contributed by atoms with Crippen LogP contribution in [-0.4, -0.2) is 14.1 Å². The molecule has 0 atom stereocenters. The summed E-state index contributed by atoms with van der Waals surface area (Å²) in [4.78, 5) is 5.11. The number of rotatable bonds is 4. The number of halogens is 2. The highest BCUT2D eigenvalue weighted by Crippen LogP contribution is 2.41. The number of nitrogens with zero attached hydrogens (tertiary/aromatic N) is 3. The minimum Gasteiger partial charge on any atom is -0.340 e. The molecule has 0 N–H and O–H groups in total. The number of aromatic nitrogens is 3. The minimum absolute atomic E-state index is 0.687. The third kappa shape index (κ3) is 2.67. The molecule has 30 heavy (non-hydrogen) atoms. The van der Waals surface area contributed by atoms with Crippen molar-refractivity contribution in [2.45, 2.75) is 32.9 Å². The van der Waals surface area contributed by atoms with Crippen molar-refractivity contribution in [3.8, 4) is 11.4 Å². The first-order chi connectivity index (χ1) is 14.7. The highest BCUT2D eigenvalue weighted by atomic mass is 79.9. The Hall–Kier alpha value is -2.30. The number of aryl methyl sites for hydroxylation is 1. The van der Waals surface area contributed by atoms with Crippen LogP contribution in [0.5, 0.6) is 0 Å². The van der Waals surface area contributed by atoms with Gasteiger partial charge in [-0.2, -0.15) is 0 Å². The van der Waals surface area contributed by atoms with Gasteiger partial charge < -0.3 is 9.13 Å². The lowest BCUT2D eigenvalue weighted by Gasteiger charge is -2.12. The Bertz CT molecular complexity index is 1440. The molecule has 1 saturated carbocycles. The van der Waals surface area contributed by atoms with Crippen LogP contribution in [0, 0.1) is 5.92 Å². The molecule has 0 saturated heterocycles. The molecule has 0 bridgehead atoms. The number of benzene rings is 3. The molecule has 3 aromatic carbocycles. The molecule has 0 spiro atoms. The smallest absolute Gasteiger partial charge is 0.143 e. The van der Waals surface area contributed by atoms with E-state index in [1.807, 2.05) is 6.07 Å². The lowest BCUT2D eigenvalue weighted by Crippen LogP contribution is -2.04. The number of imidazole rings is 1. The van der Waals surface area contributed by atoms with Crippen LogP contribution < -0.4 is 0 Å². The van der Waals surface area contributed by atoms with Gasteiger partial charge in [-0.3, -0.25) is 0 Å². The van der Waals surface area contributed by atoms with E-state index in [4.69, 9.17) is 16.6 Å². The van der Waals surface area contributed by atoms with E-state index in [0.717, 1.165) is 40.3 Å².